The monoisotopic (exact) mass is 507 g/mol. The van der Waals surface area contributed by atoms with E-state index in [0.29, 0.717) is 45.2 Å². The lowest BCUT2D eigenvalue weighted by Gasteiger charge is -2.42. The summed E-state index contributed by atoms with van der Waals surface area (Å²) >= 11 is 0. The molecule has 36 heavy (non-hydrogen) atoms. The molecule has 2 aliphatic carbocycles. The maximum atomic E-state index is 14.2. The predicted molar refractivity (Wildman–Crippen MR) is 131 cm³/mol. The molecule has 4 aliphatic rings. The molecule has 4 fully saturated rings. The van der Waals surface area contributed by atoms with Gasteiger partial charge in [0, 0.05) is 43.0 Å². The highest BCUT2D eigenvalue weighted by Gasteiger charge is 2.51. The van der Waals surface area contributed by atoms with Gasteiger partial charge in [-0.2, -0.15) is 13.2 Å². The van der Waals surface area contributed by atoms with E-state index in [4.69, 9.17) is 0 Å². The highest BCUT2D eigenvalue weighted by atomic mass is 19.4. The molecular weight excluding hydrogens is 471 g/mol. The van der Waals surface area contributed by atoms with Crippen LogP contribution in [-0.2, 0) is 15.8 Å². The van der Waals surface area contributed by atoms with Crippen LogP contribution in [0, 0.1) is 11.3 Å². The van der Waals surface area contributed by atoms with Crippen molar-refractivity contribution in [2.45, 2.75) is 89.0 Å². The van der Waals surface area contributed by atoms with Gasteiger partial charge in [0.1, 0.15) is 0 Å². The Morgan fingerprint density at radius 1 is 1.00 bits per heavy atom. The molecule has 1 spiro atoms. The van der Waals surface area contributed by atoms with Crippen LogP contribution in [0.1, 0.15) is 76.2 Å². The Balaban J connectivity index is 1.34. The molecule has 2 heterocycles. The van der Waals surface area contributed by atoms with Crippen molar-refractivity contribution in [1.82, 2.24) is 4.90 Å². The lowest BCUT2D eigenvalue weighted by molar-refractivity contribution is -0.139. The third-order valence-electron chi connectivity index (χ3n) is 8.87. The van der Waals surface area contributed by atoms with E-state index in [1.54, 1.807) is 11.0 Å². The third-order valence-corrected chi connectivity index (χ3v) is 8.87. The molecule has 1 aromatic carbocycles. The van der Waals surface area contributed by atoms with Gasteiger partial charge in [-0.3, -0.25) is 9.59 Å². The maximum absolute atomic E-state index is 14.2. The number of benzene rings is 1. The number of nitrogens with one attached hydrogen (secondary N) is 1. The van der Waals surface area contributed by atoms with Crippen LogP contribution in [0.3, 0.4) is 0 Å². The zero-order valence-corrected chi connectivity index (χ0v) is 20.7. The van der Waals surface area contributed by atoms with E-state index < -0.39 is 17.2 Å². The molecule has 9 heteroatoms. The first kappa shape index (κ1) is 25.4. The number of halogens is 3. The summed E-state index contributed by atoms with van der Waals surface area (Å²) in [6.45, 7) is 1.36. The summed E-state index contributed by atoms with van der Waals surface area (Å²) in [6, 6.07) is 4.16. The van der Waals surface area contributed by atoms with Crippen molar-refractivity contribution < 1.29 is 27.9 Å². The minimum absolute atomic E-state index is 0.0580. The number of amides is 2. The first-order valence-corrected chi connectivity index (χ1v) is 13.4. The van der Waals surface area contributed by atoms with Gasteiger partial charge in [0.15, 0.2) is 0 Å². The molecule has 0 bridgehead atoms. The van der Waals surface area contributed by atoms with Gasteiger partial charge in [-0.25, -0.2) is 0 Å². The quantitative estimate of drug-likeness (QED) is 0.605. The number of carbonyl (C=O) groups is 2. The van der Waals surface area contributed by atoms with E-state index in [1.165, 1.54) is 6.07 Å². The highest BCUT2D eigenvalue weighted by Crippen LogP contribution is 2.46. The molecular formula is C27H36F3N3O3. The molecule has 1 aromatic rings. The molecule has 0 radical (unpaired) electrons. The summed E-state index contributed by atoms with van der Waals surface area (Å²) in [4.78, 5) is 29.7. The van der Waals surface area contributed by atoms with Crippen LogP contribution in [0.2, 0.25) is 0 Å². The number of piperidine rings is 1. The summed E-state index contributed by atoms with van der Waals surface area (Å²) < 4.78 is 42.5. The molecule has 5 rings (SSSR count). The molecule has 6 nitrogen and oxygen atoms in total. The van der Waals surface area contributed by atoms with E-state index in [-0.39, 0.29) is 47.8 Å². The molecule has 2 saturated carbocycles. The Morgan fingerprint density at radius 3 is 2.42 bits per heavy atom. The SMILES string of the molecule is O=C(Nc1ccc(N2CCCC3(CCN(C4CCC(O)CC4)C3=O)C2)c(C(F)(F)F)c1)C1CCCC1. The average molecular weight is 508 g/mol. The summed E-state index contributed by atoms with van der Waals surface area (Å²) in [6.07, 6.45) is 3.53. The van der Waals surface area contributed by atoms with E-state index >= 15 is 0 Å². The summed E-state index contributed by atoms with van der Waals surface area (Å²) in [5, 5.41) is 12.5. The Hall–Kier alpha value is -2.29. The summed E-state index contributed by atoms with van der Waals surface area (Å²) in [7, 11) is 0. The molecule has 2 aliphatic heterocycles. The van der Waals surface area contributed by atoms with Crippen molar-refractivity contribution in [1.29, 1.82) is 0 Å². The van der Waals surface area contributed by atoms with Gasteiger partial charge in [-0.1, -0.05) is 12.8 Å². The van der Waals surface area contributed by atoms with E-state index in [2.05, 4.69) is 5.32 Å². The van der Waals surface area contributed by atoms with E-state index in [9.17, 15) is 27.9 Å². The van der Waals surface area contributed by atoms with Gasteiger partial charge in [0.25, 0.3) is 0 Å². The standard InChI is InChI=1S/C27H36F3N3O3/c28-27(29,30)22-16-19(31-24(35)18-4-1-2-5-18)6-11-23(22)32-14-3-12-26(17-32)13-15-33(25(26)36)20-7-9-21(34)10-8-20/h6,11,16,18,20-21,34H,1-5,7-10,12-15,17H2,(H,31,35). The number of anilines is 2. The Labute approximate surface area is 210 Å². The molecule has 2 amide bonds. The first-order valence-electron chi connectivity index (χ1n) is 13.4. The summed E-state index contributed by atoms with van der Waals surface area (Å²) in [5.74, 6) is -0.288. The zero-order valence-electron chi connectivity index (χ0n) is 20.7. The number of hydrogen-bond acceptors (Lipinski definition) is 4. The Kier molecular flexibility index (Phi) is 6.96. The number of hydrogen-bond donors (Lipinski definition) is 2. The molecule has 1 atom stereocenters. The second-order valence-corrected chi connectivity index (χ2v) is 11.2. The molecule has 0 aromatic heterocycles. The molecule has 2 saturated heterocycles. The number of alkyl halides is 3. The molecule has 198 valence electrons. The number of aliphatic hydroxyl groups is 1. The number of rotatable bonds is 4. The van der Waals surface area contributed by atoms with Crippen LogP contribution in [0.5, 0.6) is 0 Å². The molecule has 1 unspecified atom stereocenters. The first-order chi connectivity index (χ1) is 17.2. The van der Waals surface area contributed by atoms with Crippen molar-refractivity contribution in [3.05, 3.63) is 23.8 Å². The number of nitrogens with zero attached hydrogens (tertiary/aromatic N) is 2. The molecule has 2 N–H and O–H groups in total. The largest absolute Gasteiger partial charge is 0.418 e. The summed E-state index contributed by atoms with van der Waals surface area (Å²) in [5.41, 5.74) is -1.19. The third kappa shape index (κ3) is 4.95. The van der Waals surface area contributed by atoms with Gasteiger partial charge in [-0.15, -0.1) is 0 Å². The smallest absolute Gasteiger partial charge is 0.393 e. The Morgan fingerprint density at radius 2 is 1.72 bits per heavy atom. The fraction of sp³-hybridized carbons (Fsp3) is 0.704. The van der Waals surface area contributed by atoms with Crippen LogP contribution in [0.4, 0.5) is 24.5 Å². The van der Waals surface area contributed by atoms with Gasteiger partial charge >= 0.3 is 6.18 Å². The highest BCUT2D eigenvalue weighted by molar-refractivity contribution is 5.93. The van der Waals surface area contributed by atoms with Crippen molar-refractivity contribution in [2.24, 2.45) is 11.3 Å². The normalized spacial score (nSPS) is 29.8. The fourth-order valence-electron chi connectivity index (χ4n) is 6.83. The second kappa shape index (κ2) is 9.88. The fourth-order valence-corrected chi connectivity index (χ4v) is 6.83. The van der Waals surface area contributed by atoms with Crippen molar-refractivity contribution in [3.63, 3.8) is 0 Å². The maximum Gasteiger partial charge on any atom is 0.418 e. The van der Waals surface area contributed by atoms with Crippen molar-refractivity contribution in [3.8, 4) is 0 Å². The van der Waals surface area contributed by atoms with Gasteiger partial charge in [-0.05, 0) is 76.0 Å². The topological polar surface area (TPSA) is 72.9 Å². The number of aliphatic hydroxyl groups excluding tert-OH is 1. The van der Waals surface area contributed by atoms with Crippen LogP contribution in [-0.4, -0.2) is 53.6 Å². The number of carbonyl (C=O) groups excluding carboxylic acids is 2. The van der Waals surface area contributed by atoms with E-state index in [0.717, 1.165) is 44.6 Å². The zero-order chi connectivity index (χ0) is 25.5. The van der Waals surface area contributed by atoms with Crippen LogP contribution < -0.4 is 10.2 Å². The number of likely N-dealkylation sites (tertiary alicyclic amines) is 1. The van der Waals surface area contributed by atoms with Gasteiger partial charge < -0.3 is 20.2 Å². The average Bonchev–Trinajstić information content (AvgIpc) is 3.49. The van der Waals surface area contributed by atoms with Crippen LogP contribution in [0.25, 0.3) is 0 Å². The minimum Gasteiger partial charge on any atom is -0.393 e. The lowest BCUT2D eigenvalue weighted by atomic mass is 9.78. The lowest BCUT2D eigenvalue weighted by Crippen LogP contribution is -2.50. The van der Waals surface area contributed by atoms with Gasteiger partial charge in [0.05, 0.1) is 17.1 Å². The van der Waals surface area contributed by atoms with Crippen LogP contribution >= 0.6 is 0 Å². The second-order valence-electron chi connectivity index (χ2n) is 11.2. The Bertz CT molecular complexity index is 986. The van der Waals surface area contributed by atoms with Crippen LogP contribution in [0.15, 0.2) is 18.2 Å². The van der Waals surface area contributed by atoms with Gasteiger partial charge in [0.2, 0.25) is 11.8 Å². The predicted octanol–water partition coefficient (Wildman–Crippen LogP) is 4.96. The van der Waals surface area contributed by atoms with Crippen molar-refractivity contribution in [2.75, 3.05) is 29.9 Å². The van der Waals surface area contributed by atoms with E-state index in [1.807, 2.05) is 4.90 Å². The van der Waals surface area contributed by atoms with Crippen molar-refractivity contribution >= 4 is 23.2 Å². The minimum atomic E-state index is -4.58.